The zero-order chi connectivity index (χ0) is 15.6. The number of ether oxygens (including phenoxy) is 1. The second-order valence-electron chi connectivity index (χ2n) is 6.55. The second kappa shape index (κ2) is 6.60. The Bertz CT molecular complexity index is 517. The summed E-state index contributed by atoms with van der Waals surface area (Å²) in [5, 5.41) is 10.7. The van der Waals surface area contributed by atoms with Gasteiger partial charge in [-0.25, -0.2) is 8.78 Å². The Morgan fingerprint density at radius 1 is 1.18 bits per heavy atom. The molecule has 1 unspecified atom stereocenters. The molecule has 1 aromatic rings. The lowest BCUT2D eigenvalue weighted by Crippen LogP contribution is -2.49. The number of aliphatic hydroxyl groups is 1. The van der Waals surface area contributed by atoms with Crippen LogP contribution in [0.15, 0.2) is 18.2 Å². The molecular formula is C17H23F2NO2. The Kier molecular flexibility index (Phi) is 4.76. The van der Waals surface area contributed by atoms with Crippen LogP contribution in [-0.4, -0.2) is 41.8 Å². The normalized spacial score (nSPS) is 26.0. The van der Waals surface area contributed by atoms with Gasteiger partial charge in [0.25, 0.3) is 0 Å². The molecule has 1 aromatic carbocycles. The van der Waals surface area contributed by atoms with Crippen molar-refractivity contribution in [3.63, 3.8) is 0 Å². The van der Waals surface area contributed by atoms with E-state index in [1.165, 1.54) is 12.5 Å². The van der Waals surface area contributed by atoms with Gasteiger partial charge in [0, 0.05) is 19.6 Å². The topological polar surface area (TPSA) is 32.7 Å². The smallest absolute Gasteiger partial charge is 0.159 e. The van der Waals surface area contributed by atoms with Gasteiger partial charge >= 0.3 is 0 Å². The van der Waals surface area contributed by atoms with E-state index < -0.39 is 17.2 Å². The Morgan fingerprint density at radius 2 is 1.95 bits per heavy atom. The minimum atomic E-state index is -0.843. The highest BCUT2D eigenvalue weighted by Gasteiger charge is 2.33. The summed E-state index contributed by atoms with van der Waals surface area (Å²) in [6, 6.07) is 3.92. The highest BCUT2D eigenvalue weighted by atomic mass is 19.2. The van der Waals surface area contributed by atoms with Crippen molar-refractivity contribution >= 4 is 0 Å². The molecule has 122 valence electrons. The molecule has 1 saturated heterocycles. The zero-order valence-electron chi connectivity index (χ0n) is 12.7. The van der Waals surface area contributed by atoms with Crippen molar-refractivity contribution < 1.29 is 18.6 Å². The Balaban J connectivity index is 1.64. The van der Waals surface area contributed by atoms with Gasteiger partial charge in [-0.1, -0.05) is 25.3 Å². The average molecular weight is 311 g/mol. The van der Waals surface area contributed by atoms with Gasteiger partial charge in [-0.05, 0) is 30.5 Å². The first-order valence-electron chi connectivity index (χ1n) is 8.07. The molecule has 1 aliphatic heterocycles. The quantitative estimate of drug-likeness (QED) is 0.931. The van der Waals surface area contributed by atoms with Crippen LogP contribution in [0.5, 0.6) is 0 Å². The van der Waals surface area contributed by atoms with Gasteiger partial charge in [-0.3, -0.25) is 4.90 Å². The van der Waals surface area contributed by atoms with Gasteiger partial charge in [-0.15, -0.1) is 0 Å². The SMILES string of the molecule is OC1(CN2CCOC(c3ccc(F)c(F)c3)C2)CCCCC1. The highest BCUT2D eigenvalue weighted by Crippen LogP contribution is 2.31. The molecule has 0 spiro atoms. The fourth-order valence-electron chi connectivity index (χ4n) is 3.54. The summed E-state index contributed by atoms with van der Waals surface area (Å²) in [7, 11) is 0. The molecule has 22 heavy (non-hydrogen) atoms. The Morgan fingerprint density at radius 3 is 2.68 bits per heavy atom. The highest BCUT2D eigenvalue weighted by molar-refractivity contribution is 5.21. The molecule has 2 aliphatic rings. The summed E-state index contributed by atoms with van der Waals surface area (Å²) in [5.41, 5.74) is 0.0491. The summed E-state index contributed by atoms with van der Waals surface area (Å²) < 4.78 is 32.1. The molecule has 0 aromatic heterocycles. The van der Waals surface area contributed by atoms with E-state index in [2.05, 4.69) is 4.90 Å². The fraction of sp³-hybridized carbons (Fsp3) is 0.647. The molecule has 0 radical (unpaired) electrons. The zero-order valence-corrected chi connectivity index (χ0v) is 12.7. The molecule has 0 amide bonds. The standard InChI is InChI=1S/C17H23F2NO2/c18-14-5-4-13(10-15(14)19)16-11-20(8-9-22-16)12-17(21)6-2-1-3-7-17/h4-5,10,16,21H,1-3,6-9,11-12H2. The number of rotatable bonds is 3. The molecule has 1 N–H and O–H groups in total. The van der Waals surface area contributed by atoms with Crippen molar-refractivity contribution in [3.05, 3.63) is 35.4 Å². The first-order valence-corrected chi connectivity index (χ1v) is 8.07. The monoisotopic (exact) mass is 311 g/mol. The van der Waals surface area contributed by atoms with Crippen molar-refractivity contribution in [2.75, 3.05) is 26.2 Å². The summed E-state index contributed by atoms with van der Waals surface area (Å²) in [6.07, 6.45) is 4.78. The molecule has 1 aliphatic carbocycles. The maximum Gasteiger partial charge on any atom is 0.159 e. The van der Waals surface area contributed by atoms with Crippen LogP contribution in [0.1, 0.15) is 43.8 Å². The summed E-state index contributed by atoms with van der Waals surface area (Å²) in [5.74, 6) is -1.68. The number of halogens is 2. The van der Waals surface area contributed by atoms with Crippen molar-refractivity contribution in [2.24, 2.45) is 0 Å². The predicted molar refractivity (Wildman–Crippen MR) is 79.5 cm³/mol. The first kappa shape index (κ1) is 15.8. The third-order valence-electron chi connectivity index (χ3n) is 4.77. The average Bonchev–Trinajstić information content (AvgIpc) is 2.50. The number of morpholine rings is 1. The molecule has 1 heterocycles. The molecular weight excluding hydrogens is 288 g/mol. The fourth-order valence-corrected chi connectivity index (χ4v) is 3.54. The van der Waals surface area contributed by atoms with E-state index in [0.29, 0.717) is 25.3 Å². The molecule has 2 fully saturated rings. The van der Waals surface area contributed by atoms with E-state index in [4.69, 9.17) is 4.74 Å². The molecule has 3 rings (SSSR count). The lowest BCUT2D eigenvalue weighted by molar-refractivity contribution is -0.0767. The lowest BCUT2D eigenvalue weighted by Gasteiger charge is -2.40. The van der Waals surface area contributed by atoms with Crippen LogP contribution in [0, 0.1) is 11.6 Å². The summed E-state index contributed by atoms with van der Waals surface area (Å²) >= 11 is 0. The van der Waals surface area contributed by atoms with Crippen LogP contribution in [0.4, 0.5) is 8.78 Å². The van der Waals surface area contributed by atoms with E-state index >= 15 is 0 Å². The largest absolute Gasteiger partial charge is 0.389 e. The minimum Gasteiger partial charge on any atom is -0.389 e. The van der Waals surface area contributed by atoms with E-state index in [9.17, 15) is 13.9 Å². The Labute approximate surface area is 129 Å². The third kappa shape index (κ3) is 3.65. The number of hydrogen-bond acceptors (Lipinski definition) is 3. The van der Waals surface area contributed by atoms with E-state index in [1.54, 1.807) is 6.07 Å². The number of β-amino-alcohol motifs (C(OH)–C–C–N with tert-alkyl or cyclic N) is 1. The van der Waals surface area contributed by atoms with Crippen LogP contribution in [0.25, 0.3) is 0 Å². The summed E-state index contributed by atoms with van der Waals surface area (Å²) in [4.78, 5) is 2.18. The first-order chi connectivity index (χ1) is 10.6. The van der Waals surface area contributed by atoms with E-state index in [0.717, 1.165) is 38.3 Å². The molecule has 1 saturated carbocycles. The van der Waals surface area contributed by atoms with Crippen molar-refractivity contribution in [3.8, 4) is 0 Å². The molecule has 5 heteroatoms. The van der Waals surface area contributed by atoms with Crippen LogP contribution in [0.2, 0.25) is 0 Å². The Hall–Kier alpha value is -1.04. The molecule has 3 nitrogen and oxygen atoms in total. The number of hydrogen-bond donors (Lipinski definition) is 1. The van der Waals surface area contributed by atoms with Crippen LogP contribution in [-0.2, 0) is 4.74 Å². The van der Waals surface area contributed by atoms with Gasteiger partial charge in [0.05, 0.1) is 18.3 Å². The van der Waals surface area contributed by atoms with Crippen LogP contribution in [0.3, 0.4) is 0 Å². The lowest BCUT2D eigenvalue weighted by atomic mass is 9.84. The maximum atomic E-state index is 13.4. The van der Waals surface area contributed by atoms with Crippen molar-refractivity contribution in [1.29, 1.82) is 0 Å². The van der Waals surface area contributed by atoms with E-state index in [-0.39, 0.29) is 6.10 Å². The van der Waals surface area contributed by atoms with Gasteiger partial charge in [0.2, 0.25) is 0 Å². The van der Waals surface area contributed by atoms with Gasteiger partial charge in [-0.2, -0.15) is 0 Å². The minimum absolute atomic E-state index is 0.268. The van der Waals surface area contributed by atoms with Gasteiger partial charge < -0.3 is 9.84 Å². The summed E-state index contributed by atoms with van der Waals surface area (Å²) in [6.45, 7) is 2.55. The van der Waals surface area contributed by atoms with Gasteiger partial charge in [0.15, 0.2) is 11.6 Å². The third-order valence-corrected chi connectivity index (χ3v) is 4.77. The van der Waals surface area contributed by atoms with Crippen molar-refractivity contribution in [2.45, 2.75) is 43.8 Å². The van der Waals surface area contributed by atoms with E-state index in [1.807, 2.05) is 0 Å². The van der Waals surface area contributed by atoms with Crippen LogP contribution < -0.4 is 0 Å². The number of benzene rings is 1. The predicted octanol–water partition coefficient (Wildman–Crippen LogP) is 3.03. The number of nitrogens with zero attached hydrogens (tertiary/aromatic N) is 1. The molecule has 1 atom stereocenters. The molecule has 0 bridgehead atoms. The second-order valence-corrected chi connectivity index (χ2v) is 6.55. The van der Waals surface area contributed by atoms with Crippen LogP contribution >= 0.6 is 0 Å². The van der Waals surface area contributed by atoms with Gasteiger partial charge in [0.1, 0.15) is 0 Å². The van der Waals surface area contributed by atoms with Crippen molar-refractivity contribution in [1.82, 2.24) is 4.90 Å². The maximum absolute atomic E-state index is 13.4.